The second-order valence-corrected chi connectivity index (χ2v) is 7.75. The molecule has 8 heteroatoms. The molecule has 0 saturated carbocycles. The van der Waals surface area contributed by atoms with Gasteiger partial charge in [0.15, 0.2) is 6.61 Å². The number of ether oxygens (including phenoxy) is 2. The third kappa shape index (κ3) is 5.11. The molecular weight excluding hydrogens is 439 g/mol. The van der Waals surface area contributed by atoms with Gasteiger partial charge in [-0.05, 0) is 67.2 Å². The number of halogens is 1. The summed E-state index contributed by atoms with van der Waals surface area (Å²) in [6.45, 7) is 1.10. The van der Waals surface area contributed by atoms with Gasteiger partial charge in [-0.3, -0.25) is 10.1 Å². The van der Waals surface area contributed by atoms with Crippen LogP contribution in [-0.2, 0) is 20.7 Å². The van der Waals surface area contributed by atoms with Crippen molar-refractivity contribution in [3.05, 3.63) is 76.7 Å². The van der Waals surface area contributed by atoms with Crippen molar-refractivity contribution < 1.29 is 28.2 Å². The zero-order valence-electron chi connectivity index (χ0n) is 18.6. The van der Waals surface area contributed by atoms with Crippen LogP contribution in [0.4, 0.5) is 9.18 Å². The lowest BCUT2D eigenvalue weighted by Gasteiger charge is -2.22. The molecule has 7 nitrogen and oxygen atoms in total. The van der Waals surface area contributed by atoms with Gasteiger partial charge in [-0.2, -0.15) is 0 Å². The van der Waals surface area contributed by atoms with Crippen molar-refractivity contribution >= 4 is 40.5 Å². The summed E-state index contributed by atoms with van der Waals surface area (Å²) in [6, 6.07) is 13.4. The molecule has 0 aliphatic heterocycles. The van der Waals surface area contributed by atoms with Crippen LogP contribution >= 0.6 is 0 Å². The van der Waals surface area contributed by atoms with E-state index in [1.54, 1.807) is 31.2 Å². The summed E-state index contributed by atoms with van der Waals surface area (Å²) in [5, 5.41) is 2.63. The third-order valence-electron chi connectivity index (χ3n) is 5.44. The number of hydrogen-bond donors (Lipinski definition) is 1. The maximum absolute atomic E-state index is 13.3. The van der Waals surface area contributed by atoms with Crippen molar-refractivity contribution in [2.75, 3.05) is 13.2 Å². The van der Waals surface area contributed by atoms with E-state index in [4.69, 9.17) is 9.72 Å². The maximum atomic E-state index is 13.3. The van der Waals surface area contributed by atoms with Crippen LogP contribution < -0.4 is 5.32 Å². The highest BCUT2D eigenvalue weighted by atomic mass is 19.1. The molecule has 1 aromatic heterocycles. The summed E-state index contributed by atoms with van der Waals surface area (Å²) < 4.78 is 23.2. The summed E-state index contributed by atoms with van der Waals surface area (Å²) >= 11 is 0. The smallest absolute Gasteiger partial charge is 0.413 e. The fourth-order valence-corrected chi connectivity index (χ4v) is 3.99. The van der Waals surface area contributed by atoms with Crippen LogP contribution in [0.3, 0.4) is 0 Å². The number of fused-ring (bicyclic) bond motifs is 2. The van der Waals surface area contributed by atoms with Crippen LogP contribution in [-0.4, -0.2) is 36.2 Å². The van der Waals surface area contributed by atoms with Gasteiger partial charge in [-0.25, -0.2) is 19.0 Å². The first-order valence-corrected chi connectivity index (χ1v) is 11.0. The number of nitrogens with one attached hydrogen (secondary N) is 1. The Morgan fingerprint density at radius 2 is 1.82 bits per heavy atom. The van der Waals surface area contributed by atoms with Gasteiger partial charge in [0.1, 0.15) is 5.82 Å². The molecule has 0 fully saturated rings. The standard InChI is InChI=1S/C26H23FN2O5/c1-2-33-26(32)29-22(30)15-34-25(31)23-19-7-3-4-9-21(19)28-24-17(6-5-8-20(23)24)14-16-10-12-18(27)13-11-16/h3-4,7,9-14H,2,5-6,8,15H2,1H3,(H,29,30,32)/b17-14+. The number of carbonyl (C=O) groups is 3. The summed E-state index contributed by atoms with van der Waals surface area (Å²) in [6.07, 6.45) is 3.22. The molecule has 1 N–H and O–H groups in total. The Balaban J connectivity index is 1.68. The molecule has 0 atom stereocenters. The number of benzene rings is 2. The Labute approximate surface area is 195 Å². The molecule has 1 heterocycles. The topological polar surface area (TPSA) is 94.6 Å². The molecule has 0 spiro atoms. The zero-order valence-corrected chi connectivity index (χ0v) is 18.6. The zero-order chi connectivity index (χ0) is 24.1. The van der Waals surface area contributed by atoms with Crippen LogP contribution in [0.25, 0.3) is 22.6 Å². The number of nitrogens with zero attached hydrogens (tertiary/aromatic N) is 1. The molecule has 0 saturated heterocycles. The Morgan fingerprint density at radius 3 is 2.59 bits per heavy atom. The number of imide groups is 1. The molecule has 34 heavy (non-hydrogen) atoms. The van der Waals surface area contributed by atoms with Gasteiger partial charge >= 0.3 is 12.1 Å². The fraction of sp³-hybridized carbons (Fsp3) is 0.231. The number of pyridine rings is 1. The molecule has 4 rings (SSSR count). The van der Waals surface area contributed by atoms with Gasteiger partial charge in [0, 0.05) is 5.39 Å². The van der Waals surface area contributed by atoms with E-state index in [-0.39, 0.29) is 12.4 Å². The lowest BCUT2D eigenvalue weighted by atomic mass is 9.86. The Hall–Kier alpha value is -4.07. The first-order valence-electron chi connectivity index (χ1n) is 11.0. The number of esters is 1. The highest BCUT2D eigenvalue weighted by Gasteiger charge is 2.26. The average molecular weight is 462 g/mol. The SMILES string of the molecule is CCOC(=O)NC(=O)COC(=O)c1c2c(nc3ccccc13)/C(=C/c1ccc(F)cc1)CCC2. The minimum atomic E-state index is -0.897. The average Bonchev–Trinajstić information content (AvgIpc) is 2.83. The first-order chi connectivity index (χ1) is 16.5. The van der Waals surface area contributed by atoms with Crippen molar-refractivity contribution in [3.63, 3.8) is 0 Å². The van der Waals surface area contributed by atoms with Crippen LogP contribution in [0.15, 0.2) is 48.5 Å². The van der Waals surface area contributed by atoms with Gasteiger partial charge in [0.25, 0.3) is 5.91 Å². The molecule has 1 aliphatic rings. The molecule has 2 amide bonds. The number of amides is 2. The number of para-hydroxylation sites is 1. The molecule has 2 aromatic carbocycles. The van der Waals surface area contributed by atoms with Gasteiger partial charge in [-0.1, -0.05) is 30.3 Å². The second-order valence-electron chi connectivity index (χ2n) is 7.75. The van der Waals surface area contributed by atoms with Crippen molar-refractivity contribution in [2.45, 2.75) is 26.2 Å². The van der Waals surface area contributed by atoms with Crippen molar-refractivity contribution in [3.8, 4) is 0 Å². The van der Waals surface area contributed by atoms with E-state index in [2.05, 4.69) is 4.74 Å². The molecule has 1 aliphatic carbocycles. The van der Waals surface area contributed by atoms with Crippen LogP contribution in [0.5, 0.6) is 0 Å². The van der Waals surface area contributed by atoms with Crippen LogP contribution in [0.2, 0.25) is 0 Å². The summed E-state index contributed by atoms with van der Waals surface area (Å²) in [5.41, 5.74) is 4.18. The second kappa shape index (κ2) is 10.2. The first kappa shape index (κ1) is 23.1. The molecule has 0 unspecified atom stereocenters. The van der Waals surface area contributed by atoms with Gasteiger partial charge in [-0.15, -0.1) is 0 Å². The van der Waals surface area contributed by atoms with E-state index >= 15 is 0 Å². The van der Waals surface area contributed by atoms with Gasteiger partial charge in [0.05, 0.1) is 23.4 Å². The van der Waals surface area contributed by atoms with E-state index in [1.165, 1.54) is 12.1 Å². The highest BCUT2D eigenvalue weighted by Crippen LogP contribution is 2.36. The molecule has 3 aromatic rings. The molecule has 0 radical (unpaired) electrons. The van der Waals surface area contributed by atoms with Crippen molar-refractivity contribution in [2.24, 2.45) is 0 Å². The molecule has 174 valence electrons. The van der Waals surface area contributed by atoms with Crippen molar-refractivity contribution in [1.82, 2.24) is 10.3 Å². The van der Waals surface area contributed by atoms with E-state index in [0.717, 1.165) is 29.5 Å². The lowest BCUT2D eigenvalue weighted by molar-refractivity contribution is -0.123. The quantitative estimate of drug-likeness (QED) is 0.554. The fourth-order valence-electron chi connectivity index (χ4n) is 3.99. The molecule has 0 bridgehead atoms. The lowest BCUT2D eigenvalue weighted by Crippen LogP contribution is -2.34. The summed E-state index contributed by atoms with van der Waals surface area (Å²) in [4.78, 5) is 41.3. The number of allylic oxidation sites excluding steroid dienone is 1. The minimum absolute atomic E-state index is 0.113. The van der Waals surface area contributed by atoms with E-state index in [1.807, 2.05) is 23.5 Å². The number of hydrogen-bond acceptors (Lipinski definition) is 6. The monoisotopic (exact) mass is 462 g/mol. The predicted octanol–water partition coefficient (Wildman–Crippen LogP) is 4.68. The van der Waals surface area contributed by atoms with Gasteiger partial charge in [0.2, 0.25) is 0 Å². The van der Waals surface area contributed by atoms with Crippen molar-refractivity contribution in [1.29, 1.82) is 0 Å². The number of rotatable bonds is 5. The Bertz CT molecular complexity index is 1280. The third-order valence-corrected chi connectivity index (χ3v) is 5.44. The number of aromatic nitrogens is 1. The van der Waals surface area contributed by atoms with E-state index < -0.39 is 24.6 Å². The highest BCUT2D eigenvalue weighted by molar-refractivity contribution is 6.07. The summed E-state index contributed by atoms with van der Waals surface area (Å²) in [5.74, 6) is -1.76. The van der Waals surface area contributed by atoms with E-state index in [0.29, 0.717) is 28.6 Å². The largest absolute Gasteiger partial charge is 0.452 e. The van der Waals surface area contributed by atoms with Crippen LogP contribution in [0.1, 0.15) is 46.9 Å². The molecular formula is C26H23FN2O5. The Morgan fingerprint density at radius 1 is 1.06 bits per heavy atom. The normalized spacial score (nSPS) is 13.9. The van der Waals surface area contributed by atoms with Crippen LogP contribution in [0, 0.1) is 5.82 Å². The maximum Gasteiger partial charge on any atom is 0.413 e. The summed E-state index contributed by atoms with van der Waals surface area (Å²) in [7, 11) is 0. The van der Waals surface area contributed by atoms with E-state index in [9.17, 15) is 18.8 Å². The number of alkyl carbamates (subject to hydrolysis) is 1. The number of carbonyl (C=O) groups excluding carboxylic acids is 3. The Kier molecular flexibility index (Phi) is 6.96. The minimum Gasteiger partial charge on any atom is -0.452 e. The van der Waals surface area contributed by atoms with Gasteiger partial charge < -0.3 is 9.47 Å². The predicted molar refractivity (Wildman–Crippen MR) is 124 cm³/mol.